The van der Waals surface area contributed by atoms with Crippen LogP contribution in [0.15, 0.2) is 42.5 Å². The van der Waals surface area contributed by atoms with Crippen molar-refractivity contribution in [3.8, 4) is 0 Å². The smallest absolute Gasteiger partial charge is 0.199 e. The van der Waals surface area contributed by atoms with Gasteiger partial charge in [-0.2, -0.15) is 17.6 Å². The van der Waals surface area contributed by atoms with Gasteiger partial charge in [0.15, 0.2) is 0 Å². The molecule has 3 rings (SSSR count). The highest BCUT2D eigenvalue weighted by Gasteiger charge is 2.94. The van der Waals surface area contributed by atoms with Crippen LogP contribution in [-0.2, 0) is 5.41 Å². The molecular weight excluding hydrogens is 244 g/mol. The Hall–Kier alpha value is -1.58. The maximum atomic E-state index is 13.3. The highest BCUT2D eigenvalue weighted by Crippen LogP contribution is 2.72. The summed E-state index contributed by atoms with van der Waals surface area (Å²) in [6.45, 7) is 0.914. The van der Waals surface area contributed by atoms with Gasteiger partial charge in [0, 0.05) is 0 Å². The molecule has 0 heterocycles. The summed E-state index contributed by atoms with van der Waals surface area (Å²) < 4.78 is 53.2. The van der Waals surface area contributed by atoms with E-state index in [4.69, 9.17) is 0 Å². The first kappa shape index (κ1) is 11.5. The number of hydrogen-bond acceptors (Lipinski definition) is 0. The summed E-state index contributed by atoms with van der Waals surface area (Å²) >= 11 is 0. The molecule has 4 heteroatoms. The Kier molecular flexibility index (Phi) is 1.95. The Morgan fingerprint density at radius 1 is 0.778 bits per heavy atom. The van der Waals surface area contributed by atoms with Crippen molar-refractivity contribution in [2.45, 2.75) is 24.2 Å². The molecule has 0 N–H and O–H groups in total. The maximum Gasteiger partial charge on any atom is 0.326 e. The molecule has 0 amide bonds. The Labute approximate surface area is 101 Å². The third-order valence-electron chi connectivity index (χ3n) is 3.91. The van der Waals surface area contributed by atoms with Gasteiger partial charge in [-0.15, -0.1) is 0 Å². The van der Waals surface area contributed by atoms with Gasteiger partial charge >= 0.3 is 11.8 Å². The third-order valence-corrected chi connectivity index (χ3v) is 3.91. The van der Waals surface area contributed by atoms with Crippen molar-refractivity contribution in [3.63, 3.8) is 0 Å². The van der Waals surface area contributed by atoms with Gasteiger partial charge in [0.2, 0.25) is 0 Å². The molecular formula is C14H10F4. The molecule has 0 spiro atoms. The van der Waals surface area contributed by atoms with E-state index in [-0.39, 0.29) is 5.56 Å². The zero-order valence-electron chi connectivity index (χ0n) is 9.55. The molecule has 0 bridgehead atoms. The summed E-state index contributed by atoms with van der Waals surface area (Å²) in [5.74, 6) is -7.94. The van der Waals surface area contributed by atoms with E-state index in [1.165, 1.54) is 12.1 Å². The second-order valence-corrected chi connectivity index (χ2v) is 4.84. The average molecular weight is 254 g/mol. The van der Waals surface area contributed by atoms with Crippen LogP contribution in [0.3, 0.4) is 0 Å². The summed E-state index contributed by atoms with van der Waals surface area (Å²) in [6, 6.07) is 11.5. The maximum absolute atomic E-state index is 13.3. The summed E-state index contributed by atoms with van der Waals surface area (Å²) in [5.41, 5.74) is -2.40. The minimum atomic E-state index is -3.97. The van der Waals surface area contributed by atoms with E-state index >= 15 is 0 Å². The minimum absolute atomic E-state index is 0.0174. The van der Waals surface area contributed by atoms with E-state index in [1.807, 2.05) is 12.1 Å². The number of halogens is 4. The van der Waals surface area contributed by atoms with Gasteiger partial charge in [0.05, 0.1) is 0 Å². The standard InChI is InChI=1S/C14H10F4/c1-12(13(15,16)14(12,17)18)11-7-6-9-4-2-3-5-10(9)8-11/h2-8H,1H3. The normalized spacial score (nSPS) is 22.9. The first-order valence-electron chi connectivity index (χ1n) is 5.57. The van der Waals surface area contributed by atoms with Crippen LogP contribution in [-0.4, -0.2) is 11.8 Å². The lowest BCUT2D eigenvalue weighted by atomic mass is 9.94. The summed E-state index contributed by atoms with van der Waals surface area (Å²) in [5, 5.41) is 1.53. The first-order chi connectivity index (χ1) is 8.32. The molecule has 1 fully saturated rings. The molecule has 1 saturated carbocycles. The van der Waals surface area contributed by atoms with Crippen LogP contribution in [0.2, 0.25) is 0 Å². The first-order valence-corrected chi connectivity index (χ1v) is 5.57. The van der Waals surface area contributed by atoms with Gasteiger partial charge in [0.1, 0.15) is 5.41 Å². The van der Waals surface area contributed by atoms with Crippen LogP contribution in [0.1, 0.15) is 12.5 Å². The number of rotatable bonds is 1. The molecule has 0 unspecified atom stereocenters. The van der Waals surface area contributed by atoms with Crippen LogP contribution < -0.4 is 0 Å². The van der Waals surface area contributed by atoms with Crippen LogP contribution in [0.5, 0.6) is 0 Å². The molecule has 94 valence electrons. The molecule has 18 heavy (non-hydrogen) atoms. The van der Waals surface area contributed by atoms with E-state index in [0.29, 0.717) is 5.39 Å². The Morgan fingerprint density at radius 2 is 1.33 bits per heavy atom. The molecule has 0 atom stereocenters. The minimum Gasteiger partial charge on any atom is -0.199 e. The zero-order chi connectivity index (χ0) is 13.2. The predicted molar refractivity (Wildman–Crippen MR) is 61.2 cm³/mol. The van der Waals surface area contributed by atoms with Gasteiger partial charge in [0.25, 0.3) is 0 Å². The SMILES string of the molecule is CC1(c2ccc3ccccc3c2)C(F)(F)C1(F)F. The molecule has 1 aliphatic rings. The van der Waals surface area contributed by atoms with Crippen molar-refractivity contribution >= 4 is 10.8 Å². The number of hydrogen-bond donors (Lipinski definition) is 0. The zero-order valence-corrected chi connectivity index (χ0v) is 9.55. The molecule has 2 aromatic rings. The Bertz CT molecular complexity index is 616. The monoisotopic (exact) mass is 254 g/mol. The largest absolute Gasteiger partial charge is 0.326 e. The third kappa shape index (κ3) is 1.06. The predicted octanol–water partition coefficient (Wildman–Crippen LogP) is 4.38. The van der Waals surface area contributed by atoms with Crippen LogP contribution >= 0.6 is 0 Å². The van der Waals surface area contributed by atoms with E-state index < -0.39 is 17.3 Å². The van der Waals surface area contributed by atoms with Crippen LogP contribution in [0.4, 0.5) is 17.6 Å². The average Bonchev–Trinajstić information content (AvgIpc) is 2.67. The second-order valence-electron chi connectivity index (χ2n) is 4.84. The number of fused-ring (bicyclic) bond motifs is 1. The molecule has 0 nitrogen and oxygen atoms in total. The highest BCUT2D eigenvalue weighted by atomic mass is 19.3. The van der Waals surface area contributed by atoms with Gasteiger partial charge in [-0.1, -0.05) is 42.5 Å². The van der Waals surface area contributed by atoms with Crippen molar-refractivity contribution < 1.29 is 17.6 Å². The van der Waals surface area contributed by atoms with Gasteiger partial charge < -0.3 is 0 Å². The Balaban J connectivity index is 2.17. The van der Waals surface area contributed by atoms with Gasteiger partial charge in [-0.3, -0.25) is 0 Å². The van der Waals surface area contributed by atoms with E-state index in [1.54, 1.807) is 18.2 Å². The van der Waals surface area contributed by atoms with Crippen molar-refractivity contribution in [1.82, 2.24) is 0 Å². The van der Waals surface area contributed by atoms with Crippen molar-refractivity contribution in [2.24, 2.45) is 0 Å². The van der Waals surface area contributed by atoms with E-state index in [0.717, 1.165) is 12.3 Å². The van der Waals surface area contributed by atoms with E-state index in [9.17, 15) is 17.6 Å². The molecule has 0 aromatic heterocycles. The molecule has 0 radical (unpaired) electrons. The number of alkyl halides is 4. The van der Waals surface area contributed by atoms with Crippen LogP contribution in [0.25, 0.3) is 10.8 Å². The summed E-state index contributed by atoms with van der Waals surface area (Å²) in [7, 11) is 0. The molecule has 2 aromatic carbocycles. The van der Waals surface area contributed by atoms with Crippen LogP contribution in [0, 0.1) is 0 Å². The lowest BCUT2D eigenvalue weighted by Crippen LogP contribution is -2.12. The van der Waals surface area contributed by atoms with Crippen molar-refractivity contribution in [2.75, 3.05) is 0 Å². The van der Waals surface area contributed by atoms with Gasteiger partial charge in [-0.05, 0) is 23.3 Å². The topological polar surface area (TPSA) is 0 Å². The highest BCUT2D eigenvalue weighted by molar-refractivity contribution is 5.83. The molecule has 0 saturated heterocycles. The summed E-state index contributed by atoms with van der Waals surface area (Å²) in [6.07, 6.45) is 0. The molecule has 1 aliphatic carbocycles. The fourth-order valence-electron chi connectivity index (χ4n) is 2.41. The Morgan fingerprint density at radius 3 is 1.89 bits per heavy atom. The lowest BCUT2D eigenvalue weighted by molar-refractivity contribution is -0.0278. The lowest BCUT2D eigenvalue weighted by Gasteiger charge is -2.10. The van der Waals surface area contributed by atoms with Crippen molar-refractivity contribution in [1.29, 1.82) is 0 Å². The molecule has 0 aliphatic heterocycles. The number of benzene rings is 2. The van der Waals surface area contributed by atoms with Gasteiger partial charge in [-0.25, -0.2) is 0 Å². The van der Waals surface area contributed by atoms with E-state index in [2.05, 4.69) is 0 Å². The quantitative estimate of drug-likeness (QED) is 0.662. The second kappa shape index (κ2) is 3.05. The van der Waals surface area contributed by atoms with Crippen molar-refractivity contribution in [3.05, 3.63) is 48.0 Å². The fourth-order valence-corrected chi connectivity index (χ4v) is 2.41. The fraction of sp³-hybridized carbons (Fsp3) is 0.286. The summed E-state index contributed by atoms with van der Waals surface area (Å²) in [4.78, 5) is 0.